The number of nitrogens with one attached hydrogen (secondary N) is 2. The van der Waals surface area contributed by atoms with Gasteiger partial charge in [0.25, 0.3) is 0 Å². The largest absolute Gasteiger partial charge is 0.474 e. The maximum Gasteiger partial charge on any atom is 0.231 e. The van der Waals surface area contributed by atoms with Crippen LogP contribution in [0.2, 0.25) is 0 Å². The minimum Gasteiger partial charge on any atom is -0.474 e. The van der Waals surface area contributed by atoms with Crippen molar-refractivity contribution in [3.05, 3.63) is 23.9 Å². The second kappa shape index (κ2) is 11.9. The summed E-state index contributed by atoms with van der Waals surface area (Å²) in [5.74, 6) is 2.06. The van der Waals surface area contributed by atoms with Crippen LogP contribution < -0.4 is 21.1 Å². The lowest BCUT2D eigenvalue weighted by Gasteiger charge is -2.32. The van der Waals surface area contributed by atoms with Gasteiger partial charge in [0.05, 0.1) is 13.1 Å². The zero-order chi connectivity index (χ0) is 22.1. The van der Waals surface area contributed by atoms with Gasteiger partial charge >= 0.3 is 0 Å². The van der Waals surface area contributed by atoms with E-state index in [1.54, 1.807) is 6.20 Å². The molecule has 1 aliphatic carbocycles. The molecule has 3 rings (SSSR count). The summed E-state index contributed by atoms with van der Waals surface area (Å²) in [6.45, 7) is 7.82. The lowest BCUT2D eigenvalue weighted by Crippen LogP contribution is -2.49. The van der Waals surface area contributed by atoms with E-state index in [1.807, 2.05) is 12.1 Å². The number of pyridine rings is 1. The zero-order valence-electron chi connectivity index (χ0n) is 19.0. The number of carbonyl (C=O) groups is 1. The Labute approximate surface area is 186 Å². The fraction of sp³-hybridized carbons (Fsp3) is 0.696. The molecule has 31 heavy (non-hydrogen) atoms. The van der Waals surface area contributed by atoms with Crippen molar-refractivity contribution in [2.75, 3.05) is 26.2 Å². The fourth-order valence-corrected chi connectivity index (χ4v) is 4.27. The molecule has 0 radical (unpaired) electrons. The third-order valence-electron chi connectivity index (χ3n) is 6.12. The van der Waals surface area contributed by atoms with E-state index in [1.165, 1.54) is 12.8 Å². The predicted molar refractivity (Wildman–Crippen MR) is 123 cm³/mol. The van der Waals surface area contributed by atoms with Crippen LogP contribution in [0.3, 0.4) is 0 Å². The molecule has 0 spiro atoms. The average Bonchev–Trinajstić information content (AvgIpc) is 2.75. The van der Waals surface area contributed by atoms with Gasteiger partial charge in [-0.05, 0) is 63.0 Å². The molecule has 2 heterocycles. The molecule has 8 nitrogen and oxygen atoms in total. The highest BCUT2D eigenvalue weighted by Gasteiger charge is 2.21. The van der Waals surface area contributed by atoms with E-state index in [4.69, 9.17) is 15.5 Å². The molecule has 1 aromatic rings. The summed E-state index contributed by atoms with van der Waals surface area (Å²) in [5.41, 5.74) is 6.39. The highest BCUT2D eigenvalue weighted by atomic mass is 16.5. The van der Waals surface area contributed by atoms with Crippen LogP contribution in [0.1, 0.15) is 57.9 Å². The van der Waals surface area contributed by atoms with Crippen molar-refractivity contribution in [1.29, 1.82) is 0 Å². The van der Waals surface area contributed by atoms with Crippen LogP contribution in [-0.4, -0.2) is 60.1 Å². The Morgan fingerprint density at radius 2 is 2.00 bits per heavy atom. The maximum absolute atomic E-state index is 11.1. The maximum atomic E-state index is 11.1. The smallest absolute Gasteiger partial charge is 0.231 e. The highest BCUT2D eigenvalue weighted by Crippen LogP contribution is 2.26. The summed E-state index contributed by atoms with van der Waals surface area (Å²) in [6.07, 6.45) is 8.69. The Hall–Kier alpha value is -2.35. The number of hydrogen-bond acceptors (Lipinski definition) is 5. The Kier molecular flexibility index (Phi) is 8.94. The summed E-state index contributed by atoms with van der Waals surface area (Å²) in [5, 5.41) is 6.87. The minimum absolute atomic E-state index is 0.264. The van der Waals surface area contributed by atoms with Crippen molar-refractivity contribution in [2.45, 2.75) is 71.1 Å². The van der Waals surface area contributed by atoms with E-state index in [2.05, 4.69) is 34.4 Å². The molecule has 1 aliphatic heterocycles. The van der Waals surface area contributed by atoms with Gasteiger partial charge in [-0.2, -0.15) is 0 Å². The van der Waals surface area contributed by atoms with Crippen LogP contribution in [0.5, 0.6) is 5.88 Å². The molecule has 0 atom stereocenters. The number of aromatic nitrogens is 1. The normalized spacial score (nSPS) is 23.4. The summed E-state index contributed by atoms with van der Waals surface area (Å²) in [7, 11) is 0. The van der Waals surface area contributed by atoms with Crippen LogP contribution in [0.4, 0.5) is 0 Å². The number of hydrogen-bond donors (Lipinski definition) is 3. The molecule has 1 amide bonds. The Morgan fingerprint density at radius 1 is 1.26 bits per heavy atom. The van der Waals surface area contributed by atoms with Crippen molar-refractivity contribution >= 4 is 11.9 Å². The topological polar surface area (TPSA) is 105 Å². The quantitative estimate of drug-likeness (QED) is 0.431. The standard InChI is InChI=1S/C23H38N6O2/c1-3-25-23(28-19-9-12-29(13-10-19)16-21(24)30)27-15-18-8-11-26-22(14-18)31-20-6-4-17(2)5-7-20/h8,11,14,17,19-20H,3-7,9-10,12-13,15-16H2,1-2H3,(H2,24,30)(H2,25,27,28). The molecule has 1 aromatic heterocycles. The van der Waals surface area contributed by atoms with Gasteiger partial charge in [0.1, 0.15) is 6.10 Å². The van der Waals surface area contributed by atoms with Crippen LogP contribution >= 0.6 is 0 Å². The molecule has 1 saturated carbocycles. The van der Waals surface area contributed by atoms with E-state index in [9.17, 15) is 4.79 Å². The third-order valence-corrected chi connectivity index (χ3v) is 6.12. The third kappa shape index (κ3) is 8.01. The molecule has 4 N–H and O–H groups in total. The first kappa shape index (κ1) is 23.3. The van der Waals surface area contributed by atoms with Crippen LogP contribution in [0.25, 0.3) is 0 Å². The molecule has 2 fully saturated rings. The molecular weight excluding hydrogens is 392 g/mol. The molecule has 0 aromatic carbocycles. The molecular formula is C23H38N6O2. The number of amides is 1. The second-order valence-electron chi connectivity index (χ2n) is 8.86. The van der Waals surface area contributed by atoms with Gasteiger partial charge in [-0.3, -0.25) is 9.69 Å². The Balaban J connectivity index is 1.51. The summed E-state index contributed by atoms with van der Waals surface area (Å²) >= 11 is 0. The first-order valence-corrected chi connectivity index (χ1v) is 11.7. The summed E-state index contributed by atoms with van der Waals surface area (Å²) in [4.78, 5) is 22.4. The number of aliphatic imine (C=N–C) groups is 1. The van der Waals surface area contributed by atoms with Crippen molar-refractivity contribution in [1.82, 2.24) is 20.5 Å². The molecule has 0 bridgehead atoms. The molecule has 1 saturated heterocycles. The average molecular weight is 431 g/mol. The van der Waals surface area contributed by atoms with Gasteiger partial charge in [-0.1, -0.05) is 6.92 Å². The van der Waals surface area contributed by atoms with E-state index >= 15 is 0 Å². The Morgan fingerprint density at radius 3 is 2.68 bits per heavy atom. The van der Waals surface area contributed by atoms with Gasteiger partial charge in [0, 0.05) is 37.9 Å². The number of primary amides is 1. The van der Waals surface area contributed by atoms with Crippen LogP contribution in [-0.2, 0) is 11.3 Å². The van der Waals surface area contributed by atoms with Gasteiger partial charge in [0.15, 0.2) is 5.96 Å². The lowest BCUT2D eigenvalue weighted by atomic mass is 9.89. The first-order valence-electron chi connectivity index (χ1n) is 11.7. The summed E-state index contributed by atoms with van der Waals surface area (Å²) in [6, 6.07) is 4.34. The number of ether oxygens (including phenoxy) is 1. The molecule has 8 heteroatoms. The SMILES string of the molecule is CCNC(=NCc1ccnc(OC2CCC(C)CC2)c1)NC1CCN(CC(N)=O)CC1. The number of carbonyl (C=O) groups excluding carboxylic acids is 1. The monoisotopic (exact) mass is 430 g/mol. The van der Waals surface area contributed by atoms with Gasteiger partial charge in [0.2, 0.25) is 11.8 Å². The summed E-state index contributed by atoms with van der Waals surface area (Å²) < 4.78 is 6.13. The van der Waals surface area contributed by atoms with Crippen LogP contribution in [0.15, 0.2) is 23.3 Å². The lowest BCUT2D eigenvalue weighted by molar-refractivity contribution is -0.119. The van der Waals surface area contributed by atoms with Crippen molar-refractivity contribution in [2.24, 2.45) is 16.6 Å². The second-order valence-corrected chi connectivity index (χ2v) is 8.86. The fourth-order valence-electron chi connectivity index (χ4n) is 4.27. The number of likely N-dealkylation sites (tertiary alicyclic amines) is 1. The minimum atomic E-state index is -0.264. The molecule has 0 unspecified atom stereocenters. The van der Waals surface area contributed by atoms with E-state index in [0.29, 0.717) is 25.0 Å². The zero-order valence-corrected chi connectivity index (χ0v) is 19.0. The van der Waals surface area contributed by atoms with Crippen molar-refractivity contribution in [3.8, 4) is 5.88 Å². The van der Waals surface area contributed by atoms with Gasteiger partial charge < -0.3 is 21.1 Å². The Bertz CT molecular complexity index is 725. The van der Waals surface area contributed by atoms with E-state index in [0.717, 1.165) is 62.8 Å². The number of piperidine rings is 1. The van der Waals surface area contributed by atoms with Gasteiger partial charge in [-0.15, -0.1) is 0 Å². The molecule has 172 valence electrons. The van der Waals surface area contributed by atoms with Crippen molar-refractivity contribution in [3.63, 3.8) is 0 Å². The molecule has 2 aliphatic rings. The van der Waals surface area contributed by atoms with Gasteiger partial charge in [-0.25, -0.2) is 9.98 Å². The number of rotatable bonds is 8. The van der Waals surface area contributed by atoms with Crippen molar-refractivity contribution < 1.29 is 9.53 Å². The first-order chi connectivity index (χ1) is 15.0. The van der Waals surface area contributed by atoms with E-state index < -0.39 is 0 Å². The van der Waals surface area contributed by atoms with E-state index in [-0.39, 0.29) is 12.0 Å². The number of guanidine groups is 1. The van der Waals surface area contributed by atoms with Crippen LogP contribution in [0, 0.1) is 5.92 Å². The number of nitrogens with two attached hydrogens (primary N) is 1. The number of nitrogens with zero attached hydrogens (tertiary/aromatic N) is 3. The predicted octanol–water partition coefficient (Wildman–Crippen LogP) is 2.04. The highest BCUT2D eigenvalue weighted by molar-refractivity contribution is 5.80.